The molecule has 7 nitrogen and oxygen atoms in total. The highest BCUT2D eigenvalue weighted by molar-refractivity contribution is 7.89. The third-order valence-electron chi connectivity index (χ3n) is 4.25. The van der Waals surface area contributed by atoms with E-state index in [0.29, 0.717) is 42.5 Å². The Morgan fingerprint density at radius 1 is 1.20 bits per heavy atom. The van der Waals surface area contributed by atoms with Gasteiger partial charge in [-0.1, -0.05) is 0 Å². The fourth-order valence-corrected chi connectivity index (χ4v) is 4.43. The molecule has 0 atom stereocenters. The number of nitrogens with zero attached hydrogens (tertiary/aromatic N) is 3. The fourth-order valence-electron chi connectivity index (χ4n) is 2.87. The molecule has 8 heteroatoms. The summed E-state index contributed by atoms with van der Waals surface area (Å²) in [7, 11) is -1.94. The SMILES string of the molecule is COc1ccc(S(=O)(=O)N2CCC(Oc3ccncn3)CC2)cc1C. The van der Waals surface area contributed by atoms with Crippen molar-refractivity contribution in [3.05, 3.63) is 42.4 Å². The van der Waals surface area contributed by atoms with Crippen LogP contribution < -0.4 is 9.47 Å². The van der Waals surface area contributed by atoms with Crippen molar-refractivity contribution in [1.29, 1.82) is 0 Å². The molecular weight excluding hydrogens is 342 g/mol. The number of aryl methyl sites for hydroxylation is 1. The Morgan fingerprint density at radius 2 is 1.96 bits per heavy atom. The maximum absolute atomic E-state index is 12.8. The zero-order chi connectivity index (χ0) is 17.9. The topological polar surface area (TPSA) is 81.6 Å². The van der Waals surface area contributed by atoms with Crippen molar-refractivity contribution in [1.82, 2.24) is 14.3 Å². The lowest BCUT2D eigenvalue weighted by molar-refractivity contribution is 0.129. The minimum atomic E-state index is -3.51. The van der Waals surface area contributed by atoms with Crippen LogP contribution in [0, 0.1) is 6.92 Å². The van der Waals surface area contributed by atoms with E-state index >= 15 is 0 Å². The fraction of sp³-hybridized carbons (Fsp3) is 0.412. The van der Waals surface area contributed by atoms with Gasteiger partial charge in [0.2, 0.25) is 15.9 Å². The zero-order valence-electron chi connectivity index (χ0n) is 14.3. The quantitative estimate of drug-likeness (QED) is 0.808. The molecule has 1 fully saturated rings. The van der Waals surface area contributed by atoms with Crippen molar-refractivity contribution in [2.45, 2.75) is 30.8 Å². The summed E-state index contributed by atoms with van der Waals surface area (Å²) in [6.07, 6.45) is 4.25. The second-order valence-corrected chi connectivity index (χ2v) is 7.84. The molecule has 0 saturated carbocycles. The van der Waals surface area contributed by atoms with E-state index in [-0.39, 0.29) is 6.10 Å². The van der Waals surface area contributed by atoms with Gasteiger partial charge in [0, 0.05) is 25.4 Å². The summed E-state index contributed by atoms with van der Waals surface area (Å²) in [5, 5.41) is 0. The molecule has 0 N–H and O–H groups in total. The number of ether oxygens (including phenoxy) is 2. The minimum Gasteiger partial charge on any atom is -0.496 e. The first kappa shape index (κ1) is 17.6. The minimum absolute atomic E-state index is 0.0426. The zero-order valence-corrected chi connectivity index (χ0v) is 15.1. The molecule has 3 rings (SSSR count). The van der Waals surface area contributed by atoms with E-state index in [9.17, 15) is 8.42 Å². The largest absolute Gasteiger partial charge is 0.496 e. The van der Waals surface area contributed by atoms with Gasteiger partial charge in [-0.3, -0.25) is 0 Å². The Morgan fingerprint density at radius 3 is 2.56 bits per heavy atom. The Bertz CT molecular complexity index is 819. The molecule has 134 valence electrons. The first-order chi connectivity index (χ1) is 12.0. The number of piperidine rings is 1. The lowest BCUT2D eigenvalue weighted by Crippen LogP contribution is -2.41. The van der Waals surface area contributed by atoms with Gasteiger partial charge in [0.1, 0.15) is 18.2 Å². The van der Waals surface area contributed by atoms with Gasteiger partial charge in [-0.05, 0) is 43.5 Å². The summed E-state index contributed by atoms with van der Waals surface area (Å²) >= 11 is 0. The van der Waals surface area contributed by atoms with Crippen molar-refractivity contribution in [2.75, 3.05) is 20.2 Å². The number of sulfonamides is 1. The van der Waals surface area contributed by atoms with Gasteiger partial charge in [0.05, 0.1) is 12.0 Å². The maximum atomic E-state index is 12.8. The molecule has 0 aliphatic carbocycles. The number of aromatic nitrogens is 2. The van der Waals surface area contributed by atoms with Gasteiger partial charge in [-0.15, -0.1) is 0 Å². The third-order valence-corrected chi connectivity index (χ3v) is 6.14. The number of hydrogen-bond donors (Lipinski definition) is 0. The second kappa shape index (κ2) is 7.37. The van der Waals surface area contributed by atoms with Gasteiger partial charge < -0.3 is 9.47 Å². The molecule has 1 saturated heterocycles. The van der Waals surface area contributed by atoms with Crippen LogP contribution in [0.15, 0.2) is 41.7 Å². The maximum Gasteiger partial charge on any atom is 0.243 e. The Kier molecular flexibility index (Phi) is 5.19. The molecular formula is C17H21N3O4S. The van der Waals surface area contributed by atoms with E-state index < -0.39 is 10.0 Å². The molecule has 1 aromatic carbocycles. The molecule has 1 aromatic heterocycles. The van der Waals surface area contributed by atoms with Crippen LogP contribution in [0.25, 0.3) is 0 Å². The number of methoxy groups -OCH3 is 1. The normalized spacial score (nSPS) is 16.6. The standard InChI is InChI=1S/C17H21N3O4S/c1-13-11-15(3-4-16(13)23-2)25(21,22)20-9-6-14(7-10-20)24-17-5-8-18-12-19-17/h3-5,8,11-12,14H,6-7,9-10H2,1-2H3. The van der Waals surface area contributed by atoms with Crippen LogP contribution in [-0.2, 0) is 10.0 Å². The van der Waals surface area contributed by atoms with E-state index in [1.807, 2.05) is 6.92 Å². The molecule has 0 unspecified atom stereocenters. The predicted octanol–water partition coefficient (Wildman–Crippen LogP) is 2.03. The summed E-state index contributed by atoms with van der Waals surface area (Å²) in [5.41, 5.74) is 0.797. The van der Waals surface area contributed by atoms with Crippen molar-refractivity contribution in [3.8, 4) is 11.6 Å². The summed E-state index contributed by atoms with van der Waals surface area (Å²) in [5.74, 6) is 1.19. The van der Waals surface area contributed by atoms with Crippen LogP contribution in [0.1, 0.15) is 18.4 Å². The average Bonchev–Trinajstić information content (AvgIpc) is 2.63. The van der Waals surface area contributed by atoms with Crippen molar-refractivity contribution >= 4 is 10.0 Å². The summed E-state index contributed by atoms with van der Waals surface area (Å²) in [4.78, 5) is 8.18. The molecule has 0 spiro atoms. The molecule has 0 amide bonds. The van der Waals surface area contributed by atoms with Gasteiger partial charge in [-0.2, -0.15) is 4.31 Å². The third kappa shape index (κ3) is 3.91. The molecule has 1 aliphatic heterocycles. The summed E-state index contributed by atoms with van der Waals surface area (Å²) in [6, 6.07) is 6.62. The van der Waals surface area contributed by atoms with Crippen LogP contribution in [0.3, 0.4) is 0 Å². The highest BCUT2D eigenvalue weighted by Gasteiger charge is 2.30. The number of hydrogen-bond acceptors (Lipinski definition) is 6. The average molecular weight is 363 g/mol. The molecule has 0 radical (unpaired) electrons. The highest BCUT2D eigenvalue weighted by Crippen LogP contribution is 2.26. The Hall–Kier alpha value is -2.19. The van der Waals surface area contributed by atoms with Gasteiger partial charge in [0.15, 0.2) is 0 Å². The van der Waals surface area contributed by atoms with E-state index in [1.54, 1.807) is 37.6 Å². The Balaban J connectivity index is 1.66. The molecule has 2 heterocycles. The van der Waals surface area contributed by atoms with Crippen LogP contribution in [-0.4, -0.2) is 49.0 Å². The number of benzene rings is 1. The first-order valence-corrected chi connectivity index (χ1v) is 9.52. The monoisotopic (exact) mass is 363 g/mol. The van der Waals surface area contributed by atoms with Crippen LogP contribution in [0.4, 0.5) is 0 Å². The lowest BCUT2D eigenvalue weighted by atomic mass is 10.1. The van der Waals surface area contributed by atoms with Gasteiger partial charge in [0.25, 0.3) is 0 Å². The lowest BCUT2D eigenvalue weighted by Gasteiger charge is -2.31. The van der Waals surface area contributed by atoms with Gasteiger partial charge >= 0.3 is 0 Å². The summed E-state index contributed by atoms with van der Waals surface area (Å²) in [6.45, 7) is 2.67. The van der Waals surface area contributed by atoms with E-state index in [2.05, 4.69) is 9.97 Å². The second-order valence-electron chi connectivity index (χ2n) is 5.90. The first-order valence-electron chi connectivity index (χ1n) is 8.08. The molecule has 0 bridgehead atoms. The van der Waals surface area contributed by atoms with E-state index in [0.717, 1.165) is 5.56 Å². The van der Waals surface area contributed by atoms with Crippen molar-refractivity contribution < 1.29 is 17.9 Å². The van der Waals surface area contributed by atoms with Crippen molar-refractivity contribution in [3.63, 3.8) is 0 Å². The molecule has 25 heavy (non-hydrogen) atoms. The molecule has 1 aliphatic rings. The highest BCUT2D eigenvalue weighted by atomic mass is 32.2. The predicted molar refractivity (Wildman–Crippen MR) is 92.2 cm³/mol. The van der Waals surface area contributed by atoms with E-state index in [4.69, 9.17) is 9.47 Å². The van der Waals surface area contributed by atoms with Crippen molar-refractivity contribution in [2.24, 2.45) is 0 Å². The van der Waals surface area contributed by atoms with Crippen LogP contribution in [0.5, 0.6) is 11.6 Å². The summed E-state index contributed by atoms with van der Waals surface area (Å²) < 4.78 is 38.1. The van der Waals surface area contributed by atoms with Gasteiger partial charge in [-0.25, -0.2) is 18.4 Å². The van der Waals surface area contributed by atoms with E-state index in [1.165, 1.54) is 10.6 Å². The van der Waals surface area contributed by atoms with Crippen LogP contribution >= 0.6 is 0 Å². The number of rotatable bonds is 5. The van der Waals surface area contributed by atoms with Crippen LogP contribution in [0.2, 0.25) is 0 Å². The molecule has 2 aromatic rings. The smallest absolute Gasteiger partial charge is 0.243 e. The Labute approximate surface area is 147 Å².